The number of rotatable bonds is 11. The highest BCUT2D eigenvalue weighted by Crippen LogP contribution is 2.15. The van der Waals surface area contributed by atoms with Crippen LogP contribution in [0.4, 0.5) is 0 Å². The second-order valence-electron chi connectivity index (χ2n) is 11.0. The Hall–Kier alpha value is -3.68. The van der Waals surface area contributed by atoms with Gasteiger partial charge in [0.2, 0.25) is 0 Å². The van der Waals surface area contributed by atoms with Crippen molar-refractivity contribution >= 4 is 23.6 Å². The van der Waals surface area contributed by atoms with Gasteiger partial charge in [-0.3, -0.25) is 19.2 Å². The first-order chi connectivity index (χ1) is 18.2. The summed E-state index contributed by atoms with van der Waals surface area (Å²) in [7, 11) is 0. The minimum atomic E-state index is -0.327. The van der Waals surface area contributed by atoms with Crippen molar-refractivity contribution in [1.82, 2.24) is 20.4 Å². The van der Waals surface area contributed by atoms with Crippen LogP contribution in [0.1, 0.15) is 104 Å². The van der Waals surface area contributed by atoms with Crippen LogP contribution in [0.15, 0.2) is 48.5 Å². The van der Waals surface area contributed by atoms with Crippen LogP contribution in [0.5, 0.6) is 0 Å². The SMILES string of the molecule is CC(C)N(C(=O)c1ccc(C(=O)NC[C@H](C)NC(=O)c2ccc(C(=O)N(C(C)C)C(C)C)cc2)cc1)C(C)C. The minimum absolute atomic E-state index is 0.0667. The molecule has 0 aromatic heterocycles. The fourth-order valence-corrected chi connectivity index (χ4v) is 4.66. The number of amides is 4. The van der Waals surface area contributed by atoms with E-state index in [9.17, 15) is 19.2 Å². The Morgan fingerprint density at radius 3 is 1.18 bits per heavy atom. The fraction of sp³-hybridized carbons (Fsp3) is 0.484. The van der Waals surface area contributed by atoms with Crippen molar-refractivity contribution in [2.24, 2.45) is 0 Å². The van der Waals surface area contributed by atoms with Crippen LogP contribution in [0.3, 0.4) is 0 Å². The van der Waals surface area contributed by atoms with Gasteiger partial charge >= 0.3 is 0 Å². The third kappa shape index (κ3) is 8.40. The molecule has 0 aliphatic rings. The van der Waals surface area contributed by atoms with Gasteiger partial charge in [-0.1, -0.05) is 0 Å². The third-order valence-electron chi connectivity index (χ3n) is 6.43. The van der Waals surface area contributed by atoms with Gasteiger partial charge in [0.1, 0.15) is 0 Å². The largest absolute Gasteiger partial charge is 0.350 e. The number of carbonyl (C=O) groups excluding carboxylic acids is 4. The van der Waals surface area contributed by atoms with E-state index in [0.29, 0.717) is 22.3 Å². The molecule has 0 heterocycles. The van der Waals surface area contributed by atoms with E-state index in [1.54, 1.807) is 65.3 Å². The Bertz CT molecular complexity index is 1120. The Balaban J connectivity index is 1.93. The number of hydrogen-bond donors (Lipinski definition) is 2. The highest BCUT2D eigenvalue weighted by Gasteiger charge is 2.23. The van der Waals surface area contributed by atoms with Crippen molar-refractivity contribution < 1.29 is 19.2 Å². The average molecular weight is 537 g/mol. The van der Waals surface area contributed by atoms with Gasteiger partial charge in [0.15, 0.2) is 0 Å². The second-order valence-corrected chi connectivity index (χ2v) is 11.0. The molecule has 0 aliphatic heterocycles. The monoisotopic (exact) mass is 536 g/mol. The summed E-state index contributed by atoms with van der Waals surface area (Å²) in [6.07, 6.45) is 0. The van der Waals surface area contributed by atoms with Crippen LogP contribution in [0, 0.1) is 0 Å². The molecule has 4 amide bonds. The van der Waals surface area contributed by atoms with E-state index in [2.05, 4.69) is 10.6 Å². The summed E-state index contributed by atoms with van der Waals surface area (Å²) in [5.41, 5.74) is 1.93. The molecule has 8 heteroatoms. The number of hydrogen-bond acceptors (Lipinski definition) is 4. The summed E-state index contributed by atoms with van der Waals surface area (Å²) in [4.78, 5) is 54.6. The van der Waals surface area contributed by atoms with Crippen molar-refractivity contribution in [3.8, 4) is 0 Å². The standard InChI is InChI=1S/C31H44N4O4/c1-19(2)34(20(3)4)30(38)26-14-10-24(11-15-26)28(36)32-18-23(9)33-29(37)25-12-16-27(17-13-25)31(39)35(21(5)6)22(7)8/h10-17,19-23H,18H2,1-9H3,(H,32,36)(H,33,37)/t23-/m0/s1. The van der Waals surface area contributed by atoms with Gasteiger partial charge in [0.05, 0.1) is 0 Å². The van der Waals surface area contributed by atoms with Gasteiger partial charge in [0, 0.05) is 59.0 Å². The number of nitrogens with zero attached hydrogens (tertiary/aromatic N) is 2. The van der Waals surface area contributed by atoms with Crippen LogP contribution in [0.25, 0.3) is 0 Å². The molecule has 0 unspecified atom stereocenters. The van der Waals surface area contributed by atoms with Crippen LogP contribution in [-0.2, 0) is 0 Å². The van der Waals surface area contributed by atoms with Gasteiger partial charge < -0.3 is 20.4 Å². The summed E-state index contributed by atoms with van der Waals surface area (Å²) in [5, 5.41) is 5.69. The smallest absolute Gasteiger partial charge is 0.254 e. The molecule has 0 saturated heterocycles. The third-order valence-corrected chi connectivity index (χ3v) is 6.43. The Morgan fingerprint density at radius 1 is 0.538 bits per heavy atom. The first-order valence-electron chi connectivity index (χ1n) is 13.7. The van der Waals surface area contributed by atoms with Crippen LogP contribution < -0.4 is 10.6 Å². The first-order valence-corrected chi connectivity index (χ1v) is 13.7. The molecular formula is C31H44N4O4. The maximum Gasteiger partial charge on any atom is 0.254 e. The summed E-state index contributed by atoms with van der Waals surface area (Å²) < 4.78 is 0. The Labute approximate surface area is 233 Å². The Morgan fingerprint density at radius 2 is 0.846 bits per heavy atom. The van der Waals surface area contributed by atoms with Crippen LogP contribution >= 0.6 is 0 Å². The van der Waals surface area contributed by atoms with Gasteiger partial charge in [0.25, 0.3) is 23.6 Å². The molecule has 2 aromatic carbocycles. The molecule has 39 heavy (non-hydrogen) atoms. The number of benzene rings is 2. The van der Waals surface area contributed by atoms with E-state index < -0.39 is 0 Å². The number of carbonyl (C=O) groups is 4. The van der Waals surface area contributed by atoms with E-state index in [1.165, 1.54) is 0 Å². The number of nitrogens with one attached hydrogen (secondary N) is 2. The maximum atomic E-state index is 12.9. The van der Waals surface area contributed by atoms with Crippen molar-refractivity contribution in [3.63, 3.8) is 0 Å². The van der Waals surface area contributed by atoms with Gasteiger partial charge in [-0.05, 0) is 111 Å². The molecule has 8 nitrogen and oxygen atoms in total. The topological polar surface area (TPSA) is 98.8 Å². The molecule has 0 spiro atoms. The summed E-state index contributed by atoms with van der Waals surface area (Å²) in [6, 6.07) is 13.1. The quantitative estimate of drug-likeness (QED) is 0.433. The van der Waals surface area contributed by atoms with Crippen LogP contribution in [0.2, 0.25) is 0 Å². The lowest BCUT2D eigenvalue weighted by Gasteiger charge is -2.30. The molecule has 0 radical (unpaired) electrons. The molecule has 1 atom stereocenters. The van der Waals surface area contributed by atoms with Gasteiger partial charge in [-0.15, -0.1) is 0 Å². The summed E-state index contributed by atoms with van der Waals surface area (Å²) in [5.74, 6) is -0.721. The highest BCUT2D eigenvalue weighted by molar-refractivity contribution is 5.99. The average Bonchev–Trinajstić information content (AvgIpc) is 2.86. The van der Waals surface area contributed by atoms with E-state index in [4.69, 9.17) is 0 Å². The van der Waals surface area contributed by atoms with Crippen LogP contribution in [-0.4, -0.2) is 70.2 Å². The maximum absolute atomic E-state index is 12.9. The van der Waals surface area contributed by atoms with E-state index >= 15 is 0 Å². The molecule has 2 N–H and O–H groups in total. The normalized spacial score (nSPS) is 12.0. The second kappa shape index (κ2) is 13.9. The molecule has 0 saturated carbocycles. The van der Waals surface area contributed by atoms with Crippen molar-refractivity contribution in [2.75, 3.05) is 6.54 Å². The summed E-state index contributed by atoms with van der Waals surface area (Å²) in [6.45, 7) is 17.8. The minimum Gasteiger partial charge on any atom is -0.350 e. The van der Waals surface area contributed by atoms with Gasteiger partial charge in [-0.2, -0.15) is 0 Å². The Kier molecular flexibility index (Phi) is 11.3. The molecule has 2 rings (SSSR count). The predicted molar refractivity (Wildman–Crippen MR) is 155 cm³/mol. The molecule has 0 bridgehead atoms. The van der Waals surface area contributed by atoms with E-state index in [-0.39, 0.29) is 60.4 Å². The first kappa shape index (κ1) is 31.5. The fourth-order valence-electron chi connectivity index (χ4n) is 4.66. The molecule has 2 aromatic rings. The lowest BCUT2D eigenvalue weighted by Crippen LogP contribution is -2.42. The zero-order valence-corrected chi connectivity index (χ0v) is 24.7. The van der Waals surface area contributed by atoms with Crippen molar-refractivity contribution in [1.29, 1.82) is 0 Å². The molecular weight excluding hydrogens is 492 g/mol. The van der Waals surface area contributed by atoms with E-state index in [1.807, 2.05) is 55.4 Å². The molecule has 0 aliphatic carbocycles. The van der Waals surface area contributed by atoms with Crippen molar-refractivity contribution in [2.45, 2.75) is 92.5 Å². The predicted octanol–water partition coefficient (Wildman–Crippen LogP) is 4.75. The lowest BCUT2D eigenvalue weighted by atomic mass is 10.1. The van der Waals surface area contributed by atoms with Crippen molar-refractivity contribution in [3.05, 3.63) is 70.8 Å². The zero-order chi connectivity index (χ0) is 29.4. The summed E-state index contributed by atoms with van der Waals surface area (Å²) >= 11 is 0. The lowest BCUT2D eigenvalue weighted by molar-refractivity contribution is 0.0634. The van der Waals surface area contributed by atoms with E-state index in [0.717, 1.165) is 0 Å². The molecule has 0 fully saturated rings. The molecule has 212 valence electrons. The van der Waals surface area contributed by atoms with Gasteiger partial charge in [-0.25, -0.2) is 0 Å². The highest BCUT2D eigenvalue weighted by atomic mass is 16.2. The zero-order valence-electron chi connectivity index (χ0n) is 24.7.